The van der Waals surface area contributed by atoms with Gasteiger partial charge in [0.1, 0.15) is 5.76 Å². The van der Waals surface area contributed by atoms with Gasteiger partial charge < -0.3 is 15.5 Å². The highest BCUT2D eigenvalue weighted by Gasteiger charge is 2.12. The highest BCUT2D eigenvalue weighted by Crippen LogP contribution is 2.13. The van der Waals surface area contributed by atoms with Crippen LogP contribution < -0.4 is 11.1 Å². The van der Waals surface area contributed by atoms with E-state index in [1.54, 1.807) is 25.3 Å². The lowest BCUT2D eigenvalue weighted by Gasteiger charge is -2.03. The minimum absolute atomic E-state index is 0.220. The Labute approximate surface area is 105 Å². The molecule has 2 heterocycles. The maximum atomic E-state index is 11.8. The molecule has 0 bridgehead atoms. The zero-order valence-corrected chi connectivity index (χ0v) is 10.1. The third-order valence-corrected chi connectivity index (χ3v) is 2.46. The molecule has 2 rings (SSSR count). The van der Waals surface area contributed by atoms with Gasteiger partial charge in [-0.05, 0) is 31.2 Å². The summed E-state index contributed by atoms with van der Waals surface area (Å²) in [5.74, 6) is 0.587. The number of hydrogen-bond acceptors (Lipinski definition) is 4. The van der Waals surface area contributed by atoms with E-state index in [-0.39, 0.29) is 17.7 Å². The summed E-state index contributed by atoms with van der Waals surface area (Å²) in [6.07, 6.45) is 1.68. The highest BCUT2D eigenvalue weighted by atomic mass is 16.4. The van der Waals surface area contributed by atoms with E-state index in [2.05, 4.69) is 10.3 Å². The summed E-state index contributed by atoms with van der Waals surface area (Å²) in [4.78, 5) is 15.9. The Morgan fingerprint density at radius 3 is 2.89 bits per heavy atom. The topological polar surface area (TPSA) is 81.2 Å². The maximum Gasteiger partial charge on any atom is 0.287 e. The van der Waals surface area contributed by atoms with Gasteiger partial charge in [0, 0.05) is 6.20 Å². The molecule has 2 aromatic heterocycles. The van der Waals surface area contributed by atoms with Gasteiger partial charge in [-0.25, -0.2) is 0 Å². The zero-order valence-electron chi connectivity index (χ0n) is 10.1. The molecule has 5 heteroatoms. The van der Waals surface area contributed by atoms with E-state index in [9.17, 15) is 4.79 Å². The van der Waals surface area contributed by atoms with Gasteiger partial charge >= 0.3 is 0 Å². The molecular formula is C13H15N3O2. The van der Waals surface area contributed by atoms with E-state index in [0.717, 1.165) is 5.69 Å². The molecule has 0 saturated heterocycles. The van der Waals surface area contributed by atoms with Crippen LogP contribution in [0.25, 0.3) is 0 Å². The summed E-state index contributed by atoms with van der Waals surface area (Å²) in [5, 5.41) is 2.73. The van der Waals surface area contributed by atoms with E-state index in [4.69, 9.17) is 10.2 Å². The second kappa shape index (κ2) is 5.46. The number of pyridine rings is 1. The predicted octanol–water partition coefficient (Wildman–Crippen LogP) is 1.62. The third-order valence-electron chi connectivity index (χ3n) is 2.46. The van der Waals surface area contributed by atoms with Gasteiger partial charge in [0.15, 0.2) is 5.76 Å². The lowest BCUT2D eigenvalue weighted by atomic mass is 10.3. The Morgan fingerprint density at radius 2 is 2.28 bits per heavy atom. The molecule has 5 nitrogen and oxygen atoms in total. The molecular weight excluding hydrogens is 230 g/mol. The Balaban J connectivity index is 1.95. The SMILES string of the molecule is CC(N)c1ccc(C(=O)NCc2ccccn2)o1. The predicted molar refractivity (Wildman–Crippen MR) is 66.7 cm³/mol. The van der Waals surface area contributed by atoms with Crippen molar-refractivity contribution in [1.82, 2.24) is 10.3 Å². The van der Waals surface area contributed by atoms with Crippen molar-refractivity contribution in [2.45, 2.75) is 19.5 Å². The standard InChI is InChI=1S/C13H15N3O2/c1-9(14)11-5-6-12(18-11)13(17)16-8-10-4-2-3-7-15-10/h2-7,9H,8,14H2,1H3,(H,16,17). The number of carbonyl (C=O) groups excluding carboxylic acids is 1. The second-order valence-electron chi connectivity index (χ2n) is 3.99. The lowest BCUT2D eigenvalue weighted by molar-refractivity contribution is 0.0920. The van der Waals surface area contributed by atoms with E-state index >= 15 is 0 Å². The van der Waals surface area contributed by atoms with Crippen molar-refractivity contribution in [2.24, 2.45) is 5.73 Å². The number of nitrogens with one attached hydrogen (secondary N) is 1. The average Bonchev–Trinajstić information content (AvgIpc) is 2.87. The second-order valence-corrected chi connectivity index (χ2v) is 3.99. The van der Waals surface area contributed by atoms with Crippen molar-refractivity contribution in [3.05, 3.63) is 53.7 Å². The first-order chi connectivity index (χ1) is 8.66. The van der Waals surface area contributed by atoms with Gasteiger partial charge in [0.05, 0.1) is 18.3 Å². The van der Waals surface area contributed by atoms with Crippen molar-refractivity contribution in [2.75, 3.05) is 0 Å². The Bertz CT molecular complexity index is 520. The summed E-state index contributed by atoms with van der Waals surface area (Å²) in [6.45, 7) is 2.17. The number of furan rings is 1. The van der Waals surface area contributed by atoms with Crippen LogP contribution in [-0.2, 0) is 6.54 Å². The van der Waals surface area contributed by atoms with Gasteiger partial charge in [-0.2, -0.15) is 0 Å². The van der Waals surface area contributed by atoms with Crippen molar-refractivity contribution in [1.29, 1.82) is 0 Å². The van der Waals surface area contributed by atoms with Gasteiger partial charge in [-0.3, -0.25) is 9.78 Å². The molecule has 0 radical (unpaired) electrons. The Hall–Kier alpha value is -2.14. The van der Waals surface area contributed by atoms with Gasteiger partial charge in [-0.1, -0.05) is 6.07 Å². The Morgan fingerprint density at radius 1 is 1.44 bits per heavy atom. The average molecular weight is 245 g/mol. The van der Waals surface area contributed by atoms with Gasteiger partial charge in [-0.15, -0.1) is 0 Å². The van der Waals surface area contributed by atoms with Crippen LogP contribution in [0.5, 0.6) is 0 Å². The van der Waals surface area contributed by atoms with Crippen molar-refractivity contribution in [3.63, 3.8) is 0 Å². The summed E-state index contributed by atoms with van der Waals surface area (Å²) < 4.78 is 5.34. The summed E-state index contributed by atoms with van der Waals surface area (Å²) in [5.41, 5.74) is 6.45. The molecule has 0 fully saturated rings. The molecule has 2 aromatic rings. The van der Waals surface area contributed by atoms with Crippen LogP contribution in [0.1, 0.15) is 35.0 Å². The molecule has 0 aliphatic carbocycles. The van der Waals surface area contributed by atoms with E-state index in [1.165, 1.54) is 0 Å². The molecule has 0 aliphatic rings. The largest absolute Gasteiger partial charge is 0.454 e. The number of nitrogens with zero attached hydrogens (tertiary/aromatic N) is 1. The smallest absolute Gasteiger partial charge is 0.287 e. The van der Waals surface area contributed by atoms with Crippen LogP contribution in [-0.4, -0.2) is 10.9 Å². The van der Waals surface area contributed by atoms with Gasteiger partial charge in [0.25, 0.3) is 5.91 Å². The maximum absolute atomic E-state index is 11.8. The van der Waals surface area contributed by atoms with Crippen LogP contribution in [0.15, 0.2) is 40.9 Å². The first-order valence-electron chi connectivity index (χ1n) is 5.70. The van der Waals surface area contributed by atoms with E-state index in [0.29, 0.717) is 12.3 Å². The summed E-state index contributed by atoms with van der Waals surface area (Å²) in [7, 11) is 0. The lowest BCUT2D eigenvalue weighted by Crippen LogP contribution is -2.22. The first-order valence-corrected chi connectivity index (χ1v) is 5.70. The zero-order chi connectivity index (χ0) is 13.0. The van der Waals surface area contributed by atoms with Crippen molar-refractivity contribution >= 4 is 5.91 Å². The van der Waals surface area contributed by atoms with Crippen LogP contribution in [0.3, 0.4) is 0 Å². The minimum Gasteiger partial charge on any atom is -0.454 e. The van der Waals surface area contributed by atoms with Gasteiger partial charge in [0.2, 0.25) is 0 Å². The molecule has 1 atom stereocenters. The number of rotatable bonds is 4. The van der Waals surface area contributed by atoms with Crippen molar-refractivity contribution < 1.29 is 9.21 Å². The number of nitrogens with two attached hydrogens (primary N) is 1. The fraction of sp³-hybridized carbons (Fsp3) is 0.231. The molecule has 0 saturated carbocycles. The molecule has 1 amide bonds. The number of carbonyl (C=O) groups is 1. The molecule has 0 aliphatic heterocycles. The number of amides is 1. The number of hydrogen-bond donors (Lipinski definition) is 2. The molecule has 18 heavy (non-hydrogen) atoms. The fourth-order valence-corrected chi connectivity index (χ4v) is 1.48. The van der Waals surface area contributed by atoms with Crippen LogP contribution in [0, 0.1) is 0 Å². The molecule has 1 unspecified atom stereocenters. The van der Waals surface area contributed by atoms with E-state index in [1.807, 2.05) is 18.2 Å². The van der Waals surface area contributed by atoms with Crippen LogP contribution in [0.2, 0.25) is 0 Å². The summed E-state index contributed by atoms with van der Waals surface area (Å²) >= 11 is 0. The van der Waals surface area contributed by atoms with Crippen LogP contribution in [0.4, 0.5) is 0 Å². The molecule has 0 aromatic carbocycles. The third kappa shape index (κ3) is 2.95. The summed E-state index contributed by atoms with van der Waals surface area (Å²) in [6, 6.07) is 8.65. The molecule has 0 spiro atoms. The normalized spacial score (nSPS) is 12.1. The quantitative estimate of drug-likeness (QED) is 0.857. The Kier molecular flexibility index (Phi) is 3.74. The molecule has 94 valence electrons. The first kappa shape index (κ1) is 12.3. The highest BCUT2D eigenvalue weighted by molar-refractivity contribution is 5.91. The number of aromatic nitrogens is 1. The van der Waals surface area contributed by atoms with E-state index < -0.39 is 0 Å². The minimum atomic E-state index is -0.271. The van der Waals surface area contributed by atoms with Crippen molar-refractivity contribution in [3.8, 4) is 0 Å². The molecule has 3 N–H and O–H groups in total. The van der Waals surface area contributed by atoms with Crippen LogP contribution >= 0.6 is 0 Å². The fourth-order valence-electron chi connectivity index (χ4n) is 1.48. The monoisotopic (exact) mass is 245 g/mol.